The quantitative estimate of drug-likeness (QED) is 0.735. The van der Waals surface area contributed by atoms with Crippen LogP contribution in [0.15, 0.2) is 24.3 Å². The fourth-order valence-corrected chi connectivity index (χ4v) is 2.96. The van der Waals surface area contributed by atoms with Crippen LogP contribution in [0.4, 0.5) is 5.69 Å². The second-order valence-electron chi connectivity index (χ2n) is 4.29. The van der Waals surface area contributed by atoms with Crippen LogP contribution in [0.5, 0.6) is 5.75 Å². The van der Waals surface area contributed by atoms with Crippen LogP contribution in [0.2, 0.25) is 0 Å². The van der Waals surface area contributed by atoms with E-state index in [9.17, 15) is 8.42 Å². The number of ether oxygens (including phenoxy) is 1. The summed E-state index contributed by atoms with van der Waals surface area (Å²) in [5.74, 6) is 0.876. The molecule has 0 heterocycles. The third kappa shape index (κ3) is 4.72. The van der Waals surface area contributed by atoms with Crippen LogP contribution in [0.25, 0.3) is 0 Å². The van der Waals surface area contributed by atoms with Crippen molar-refractivity contribution < 1.29 is 13.2 Å². The van der Waals surface area contributed by atoms with Crippen molar-refractivity contribution in [1.82, 2.24) is 5.32 Å². The number of methoxy groups -OCH3 is 1. The monoisotopic (exact) mass is 286 g/mol. The lowest BCUT2D eigenvalue weighted by molar-refractivity contribution is 0.415. The number of nitrogens with one attached hydrogen (secondary N) is 1. The van der Waals surface area contributed by atoms with Crippen LogP contribution in [0.1, 0.15) is 12.8 Å². The van der Waals surface area contributed by atoms with E-state index in [1.54, 1.807) is 38.4 Å². The molecule has 1 aromatic rings. The number of anilines is 1. The number of hydrogen-bond donors (Lipinski definition) is 1. The second kappa shape index (κ2) is 7.35. The zero-order valence-corrected chi connectivity index (χ0v) is 12.5. The Bertz CT molecular complexity index is 471. The number of hydrogen-bond acceptors (Lipinski definition) is 4. The minimum atomic E-state index is -3.25. The maximum atomic E-state index is 12.1. The summed E-state index contributed by atoms with van der Waals surface area (Å²) >= 11 is 0. The van der Waals surface area contributed by atoms with Crippen LogP contribution >= 0.6 is 0 Å². The first kappa shape index (κ1) is 15.8. The molecule has 108 valence electrons. The molecule has 0 bridgehead atoms. The van der Waals surface area contributed by atoms with Gasteiger partial charge in [-0.3, -0.25) is 4.31 Å². The first-order valence-electron chi connectivity index (χ1n) is 6.26. The molecule has 5 nitrogen and oxygen atoms in total. The molecule has 0 radical (unpaired) electrons. The average molecular weight is 286 g/mol. The van der Waals surface area contributed by atoms with Crippen molar-refractivity contribution in [3.63, 3.8) is 0 Å². The van der Waals surface area contributed by atoms with E-state index in [0.29, 0.717) is 17.9 Å². The Kier molecular flexibility index (Phi) is 6.11. The number of rotatable bonds is 8. The van der Waals surface area contributed by atoms with Gasteiger partial charge in [0.1, 0.15) is 5.75 Å². The molecule has 0 spiro atoms. The SMILES string of the molecule is CNCCCCS(=O)(=O)N(C)c1ccc(OC)cc1. The highest BCUT2D eigenvalue weighted by atomic mass is 32.2. The fourth-order valence-electron chi connectivity index (χ4n) is 1.68. The summed E-state index contributed by atoms with van der Waals surface area (Å²) in [7, 11) is 1.77. The van der Waals surface area contributed by atoms with E-state index in [1.165, 1.54) is 4.31 Å². The molecule has 0 saturated heterocycles. The van der Waals surface area contributed by atoms with Gasteiger partial charge in [0.2, 0.25) is 10.0 Å². The van der Waals surface area contributed by atoms with Crippen molar-refractivity contribution in [3.05, 3.63) is 24.3 Å². The largest absolute Gasteiger partial charge is 0.497 e. The molecule has 6 heteroatoms. The van der Waals surface area contributed by atoms with E-state index in [2.05, 4.69) is 5.32 Å². The van der Waals surface area contributed by atoms with Gasteiger partial charge in [0.15, 0.2) is 0 Å². The third-order valence-electron chi connectivity index (χ3n) is 2.93. The Morgan fingerprint density at radius 3 is 2.37 bits per heavy atom. The molecular formula is C13H22N2O3S. The summed E-state index contributed by atoms with van der Waals surface area (Å²) in [5.41, 5.74) is 0.648. The molecule has 0 fully saturated rings. The van der Waals surface area contributed by atoms with Crippen LogP contribution in [0, 0.1) is 0 Å². The normalized spacial score (nSPS) is 11.3. The van der Waals surface area contributed by atoms with E-state index < -0.39 is 10.0 Å². The molecule has 1 rings (SSSR count). The zero-order chi connectivity index (χ0) is 14.3. The predicted octanol–water partition coefficient (Wildman–Crippen LogP) is 1.46. The zero-order valence-electron chi connectivity index (χ0n) is 11.7. The van der Waals surface area contributed by atoms with Gasteiger partial charge in [-0.15, -0.1) is 0 Å². The Morgan fingerprint density at radius 2 is 1.84 bits per heavy atom. The molecule has 0 atom stereocenters. The summed E-state index contributed by atoms with van der Waals surface area (Å²) in [6.07, 6.45) is 1.51. The van der Waals surface area contributed by atoms with Crippen LogP contribution in [-0.2, 0) is 10.0 Å². The van der Waals surface area contributed by atoms with Crippen molar-refractivity contribution in [2.24, 2.45) is 0 Å². The highest BCUT2D eigenvalue weighted by Gasteiger charge is 2.17. The third-order valence-corrected chi connectivity index (χ3v) is 4.78. The Morgan fingerprint density at radius 1 is 1.21 bits per heavy atom. The molecule has 0 saturated carbocycles. The summed E-state index contributed by atoms with van der Waals surface area (Å²) in [5, 5.41) is 3.01. The van der Waals surface area contributed by atoms with Gasteiger partial charge in [0.25, 0.3) is 0 Å². The minimum Gasteiger partial charge on any atom is -0.497 e. The van der Waals surface area contributed by atoms with Gasteiger partial charge in [-0.25, -0.2) is 8.42 Å². The fraction of sp³-hybridized carbons (Fsp3) is 0.538. The lowest BCUT2D eigenvalue weighted by Crippen LogP contribution is -2.29. The maximum absolute atomic E-state index is 12.1. The Balaban J connectivity index is 2.65. The maximum Gasteiger partial charge on any atom is 0.234 e. The van der Waals surface area contributed by atoms with Crippen molar-refractivity contribution >= 4 is 15.7 Å². The van der Waals surface area contributed by atoms with Gasteiger partial charge >= 0.3 is 0 Å². The molecule has 1 N–H and O–H groups in total. The molecule has 0 unspecified atom stereocenters. The smallest absolute Gasteiger partial charge is 0.234 e. The van der Waals surface area contributed by atoms with Crippen molar-refractivity contribution in [1.29, 1.82) is 0 Å². The van der Waals surface area contributed by atoms with E-state index in [1.807, 2.05) is 7.05 Å². The topological polar surface area (TPSA) is 58.6 Å². The molecule has 19 heavy (non-hydrogen) atoms. The average Bonchev–Trinajstić information content (AvgIpc) is 2.43. The number of sulfonamides is 1. The van der Waals surface area contributed by atoms with E-state index >= 15 is 0 Å². The van der Waals surface area contributed by atoms with Crippen LogP contribution in [-0.4, -0.2) is 41.9 Å². The lowest BCUT2D eigenvalue weighted by Gasteiger charge is -2.19. The summed E-state index contributed by atoms with van der Waals surface area (Å²) < 4.78 is 30.6. The summed E-state index contributed by atoms with van der Waals surface area (Å²) in [6.45, 7) is 0.835. The van der Waals surface area contributed by atoms with Crippen molar-refractivity contribution in [2.75, 3.05) is 37.8 Å². The van der Waals surface area contributed by atoms with Crippen molar-refractivity contribution in [2.45, 2.75) is 12.8 Å². The lowest BCUT2D eigenvalue weighted by atomic mass is 10.3. The Labute approximate surface area is 115 Å². The first-order chi connectivity index (χ1) is 9.01. The number of unbranched alkanes of at least 4 members (excludes halogenated alkanes) is 1. The molecule has 1 aromatic carbocycles. The van der Waals surface area contributed by atoms with Gasteiger partial charge in [0, 0.05) is 7.05 Å². The second-order valence-corrected chi connectivity index (χ2v) is 6.41. The van der Waals surface area contributed by atoms with E-state index in [4.69, 9.17) is 4.74 Å². The number of benzene rings is 1. The Hall–Kier alpha value is -1.27. The van der Waals surface area contributed by atoms with Crippen molar-refractivity contribution in [3.8, 4) is 5.75 Å². The number of nitrogens with zero attached hydrogens (tertiary/aromatic N) is 1. The summed E-state index contributed by atoms with van der Waals surface area (Å²) in [6, 6.07) is 6.98. The van der Waals surface area contributed by atoms with Crippen LogP contribution < -0.4 is 14.4 Å². The molecule has 0 aliphatic heterocycles. The minimum absolute atomic E-state index is 0.164. The van der Waals surface area contributed by atoms with Crippen LogP contribution in [0.3, 0.4) is 0 Å². The molecule has 0 aromatic heterocycles. The highest BCUT2D eigenvalue weighted by molar-refractivity contribution is 7.92. The molecular weight excluding hydrogens is 264 g/mol. The van der Waals surface area contributed by atoms with Gasteiger partial charge in [0.05, 0.1) is 18.6 Å². The van der Waals surface area contributed by atoms with Gasteiger partial charge in [-0.2, -0.15) is 0 Å². The standard InChI is InChI=1S/C13H22N2O3S/c1-14-10-4-5-11-19(16,17)15(2)12-6-8-13(18-3)9-7-12/h6-9,14H,4-5,10-11H2,1-3H3. The van der Waals surface area contributed by atoms with E-state index in [0.717, 1.165) is 13.0 Å². The first-order valence-corrected chi connectivity index (χ1v) is 7.87. The summed E-state index contributed by atoms with van der Waals surface area (Å²) in [4.78, 5) is 0. The highest BCUT2D eigenvalue weighted by Crippen LogP contribution is 2.20. The predicted molar refractivity (Wildman–Crippen MR) is 78.3 cm³/mol. The van der Waals surface area contributed by atoms with E-state index in [-0.39, 0.29) is 5.75 Å². The van der Waals surface area contributed by atoms with Gasteiger partial charge in [-0.05, 0) is 50.7 Å². The van der Waals surface area contributed by atoms with Gasteiger partial charge < -0.3 is 10.1 Å². The molecule has 0 aliphatic carbocycles. The molecule has 0 amide bonds. The molecule has 0 aliphatic rings. The van der Waals surface area contributed by atoms with Gasteiger partial charge in [-0.1, -0.05) is 0 Å².